The highest BCUT2D eigenvalue weighted by atomic mass is 31.2. The van der Waals surface area contributed by atoms with Crippen LogP contribution in [0.4, 0.5) is 22.0 Å². The number of hydrogen-bond donors (Lipinski definition) is 6. The minimum absolute atomic E-state index is 0.0618. The van der Waals surface area contributed by atoms with Gasteiger partial charge >= 0.3 is 15.6 Å². The molecule has 0 atom stereocenters. The molecule has 6 N–H and O–H groups in total. The van der Waals surface area contributed by atoms with E-state index in [-0.39, 0.29) is 6.07 Å². The highest BCUT2D eigenvalue weighted by Crippen LogP contribution is 2.26. The molecule has 0 amide bonds. The Balaban J connectivity index is 0. The second-order valence-corrected chi connectivity index (χ2v) is 4.86. The largest absolute Gasteiger partial charge is 0.466 e. The lowest BCUT2D eigenvalue weighted by Crippen LogP contribution is -1.98. The van der Waals surface area contributed by atoms with Crippen LogP contribution >= 0.6 is 15.6 Å². The zero-order chi connectivity index (χ0) is 17.6. The van der Waals surface area contributed by atoms with Crippen LogP contribution in [0.3, 0.4) is 0 Å². The van der Waals surface area contributed by atoms with Crippen LogP contribution in [0.25, 0.3) is 0 Å². The molecule has 0 spiro atoms. The number of hydrogen-bond acceptors (Lipinski definition) is 2. The Morgan fingerprint density at radius 1 is 0.619 bits per heavy atom. The van der Waals surface area contributed by atoms with Crippen LogP contribution in [0.5, 0.6) is 0 Å². The molecule has 0 saturated carbocycles. The van der Waals surface area contributed by atoms with E-state index in [4.69, 9.17) is 38.5 Å². The number of rotatable bonds is 0. The minimum atomic E-state index is -4.64. The Morgan fingerprint density at radius 2 is 0.810 bits per heavy atom. The van der Waals surface area contributed by atoms with Crippen molar-refractivity contribution in [1.29, 1.82) is 0 Å². The van der Waals surface area contributed by atoms with E-state index in [9.17, 15) is 22.0 Å². The quantitative estimate of drug-likeness (QED) is 0.169. The predicted octanol–water partition coefficient (Wildman–Crippen LogP) is 0.525. The molecular weight excluding hydrogens is 357 g/mol. The minimum Gasteiger partial charge on any atom is -0.303 e. The van der Waals surface area contributed by atoms with Gasteiger partial charge < -0.3 is 29.4 Å². The van der Waals surface area contributed by atoms with E-state index in [1.807, 2.05) is 0 Å². The normalized spacial score (nSPS) is 11.0. The molecule has 0 aromatic heterocycles. The Morgan fingerprint density at radius 3 is 1.00 bits per heavy atom. The summed E-state index contributed by atoms with van der Waals surface area (Å²) < 4.78 is 77.8. The molecule has 1 aromatic carbocycles. The Labute approximate surface area is 112 Å². The van der Waals surface area contributed by atoms with Crippen LogP contribution in [0.1, 0.15) is 0 Å². The summed E-state index contributed by atoms with van der Waals surface area (Å²) >= 11 is 0. The molecule has 0 radical (unpaired) electrons. The van der Waals surface area contributed by atoms with Gasteiger partial charge in [0.15, 0.2) is 23.3 Å². The molecule has 21 heavy (non-hydrogen) atoms. The van der Waals surface area contributed by atoms with E-state index >= 15 is 0 Å². The summed E-state index contributed by atoms with van der Waals surface area (Å²) in [4.78, 5) is 43.1. The molecule has 0 unspecified atom stereocenters. The molecule has 0 saturated heterocycles. The smallest absolute Gasteiger partial charge is 0.303 e. The van der Waals surface area contributed by atoms with Crippen molar-refractivity contribution in [2.45, 2.75) is 0 Å². The van der Waals surface area contributed by atoms with Gasteiger partial charge in [0, 0.05) is 6.07 Å². The first kappa shape index (κ1) is 22.4. The molecule has 8 nitrogen and oxygen atoms in total. The van der Waals surface area contributed by atoms with Crippen LogP contribution in [0, 0.1) is 29.1 Å². The number of phosphoric acid groups is 2. The SMILES string of the molecule is Fc1cc(F)c(F)c(F)c1F.O=P(O)(O)O.O=P(O)(O)O. The van der Waals surface area contributed by atoms with E-state index in [1.54, 1.807) is 0 Å². The molecule has 1 rings (SSSR count). The third-order valence-electron chi connectivity index (χ3n) is 1.06. The summed E-state index contributed by atoms with van der Waals surface area (Å²) in [5.41, 5.74) is 0. The summed E-state index contributed by atoms with van der Waals surface area (Å²) in [6, 6.07) is -0.0618. The van der Waals surface area contributed by atoms with E-state index in [0.717, 1.165) is 0 Å². The third-order valence-corrected chi connectivity index (χ3v) is 1.06. The highest BCUT2D eigenvalue weighted by molar-refractivity contribution is 7.45. The van der Waals surface area contributed by atoms with E-state index < -0.39 is 44.7 Å². The van der Waals surface area contributed by atoms with Gasteiger partial charge in [-0.2, -0.15) is 0 Å². The molecule has 1 aromatic rings. The van der Waals surface area contributed by atoms with Gasteiger partial charge in [0.2, 0.25) is 5.82 Å². The van der Waals surface area contributed by atoms with Crippen molar-refractivity contribution < 1.29 is 60.4 Å². The fourth-order valence-electron chi connectivity index (χ4n) is 0.544. The second-order valence-electron chi connectivity index (χ2n) is 2.81. The second kappa shape index (κ2) is 8.51. The first-order chi connectivity index (χ1) is 9.04. The van der Waals surface area contributed by atoms with Crippen LogP contribution in [-0.4, -0.2) is 29.4 Å². The van der Waals surface area contributed by atoms with Gasteiger partial charge in [0.05, 0.1) is 0 Å². The highest BCUT2D eigenvalue weighted by Gasteiger charge is 2.18. The van der Waals surface area contributed by atoms with Gasteiger partial charge in [-0.1, -0.05) is 0 Å². The van der Waals surface area contributed by atoms with Crippen molar-refractivity contribution in [2.24, 2.45) is 0 Å². The zero-order valence-corrected chi connectivity index (χ0v) is 11.2. The lowest BCUT2D eigenvalue weighted by molar-refractivity contribution is 0.272. The first-order valence-electron chi connectivity index (χ1n) is 4.09. The Kier molecular flexibility index (Phi) is 9.07. The monoisotopic (exact) mass is 364 g/mol. The van der Waals surface area contributed by atoms with Crippen LogP contribution in [-0.2, 0) is 9.13 Å². The van der Waals surface area contributed by atoms with Gasteiger partial charge in [-0.05, 0) is 0 Å². The van der Waals surface area contributed by atoms with E-state index in [0.29, 0.717) is 0 Å². The average molecular weight is 364 g/mol. The molecule has 124 valence electrons. The molecular formula is C6H7F5O8P2. The molecule has 0 heterocycles. The lowest BCUT2D eigenvalue weighted by Gasteiger charge is -1.96. The topological polar surface area (TPSA) is 156 Å². The van der Waals surface area contributed by atoms with Crippen molar-refractivity contribution in [3.8, 4) is 0 Å². The first-order valence-corrected chi connectivity index (χ1v) is 7.22. The van der Waals surface area contributed by atoms with Crippen molar-refractivity contribution in [3.05, 3.63) is 35.2 Å². The fourth-order valence-corrected chi connectivity index (χ4v) is 0.544. The molecule has 0 aliphatic rings. The van der Waals surface area contributed by atoms with E-state index in [2.05, 4.69) is 0 Å². The summed E-state index contributed by atoms with van der Waals surface area (Å²) in [6.45, 7) is 0. The van der Waals surface area contributed by atoms with Gasteiger partial charge in [0.25, 0.3) is 0 Å². The van der Waals surface area contributed by atoms with Crippen molar-refractivity contribution in [2.75, 3.05) is 0 Å². The van der Waals surface area contributed by atoms with Crippen molar-refractivity contribution >= 4 is 15.6 Å². The zero-order valence-electron chi connectivity index (χ0n) is 9.36. The fraction of sp³-hybridized carbons (Fsp3) is 0. The summed E-state index contributed by atoms with van der Waals surface area (Å²) in [5.74, 6) is -9.65. The third kappa shape index (κ3) is 15.3. The lowest BCUT2D eigenvalue weighted by atomic mass is 10.3. The van der Waals surface area contributed by atoms with Crippen LogP contribution in [0.15, 0.2) is 6.07 Å². The van der Waals surface area contributed by atoms with Crippen molar-refractivity contribution in [3.63, 3.8) is 0 Å². The Hall–Kier alpha value is -0.910. The van der Waals surface area contributed by atoms with Crippen LogP contribution in [0.2, 0.25) is 0 Å². The number of benzene rings is 1. The molecule has 0 aliphatic carbocycles. The number of halogens is 5. The van der Waals surface area contributed by atoms with Gasteiger partial charge in [-0.3, -0.25) is 0 Å². The summed E-state index contributed by atoms with van der Waals surface area (Å²) in [7, 11) is -9.28. The van der Waals surface area contributed by atoms with Gasteiger partial charge in [-0.25, -0.2) is 31.1 Å². The van der Waals surface area contributed by atoms with E-state index in [1.165, 1.54) is 0 Å². The van der Waals surface area contributed by atoms with Gasteiger partial charge in [0.1, 0.15) is 0 Å². The Bertz CT molecular complexity index is 506. The molecule has 0 fully saturated rings. The predicted molar refractivity (Wildman–Crippen MR) is 54.8 cm³/mol. The molecule has 0 bridgehead atoms. The molecule has 15 heteroatoms. The summed E-state index contributed by atoms with van der Waals surface area (Å²) in [5, 5.41) is 0. The van der Waals surface area contributed by atoms with Crippen LogP contribution < -0.4 is 0 Å². The molecule has 0 aliphatic heterocycles. The van der Waals surface area contributed by atoms with Crippen molar-refractivity contribution in [1.82, 2.24) is 0 Å². The standard InChI is InChI=1S/C6HF5.2H3O4P/c7-2-1-3(8)5(10)6(11)4(2)9;2*1-5(2,3)4/h1H;2*(H3,1,2,3,4). The summed E-state index contributed by atoms with van der Waals surface area (Å²) in [6.07, 6.45) is 0. The maximum absolute atomic E-state index is 12.0. The maximum Gasteiger partial charge on any atom is 0.466 e. The maximum atomic E-state index is 12.0. The van der Waals surface area contributed by atoms with Gasteiger partial charge in [-0.15, -0.1) is 0 Å². The average Bonchev–Trinajstić information content (AvgIpc) is 2.19.